The number of benzene rings is 1. The number of hydrogen-bond donors (Lipinski definition) is 0. The van der Waals surface area contributed by atoms with E-state index in [2.05, 4.69) is 16.8 Å². The molecule has 6 heteroatoms. The molecular formula is C21H27N3O2S. The van der Waals surface area contributed by atoms with Crippen molar-refractivity contribution in [1.82, 2.24) is 9.88 Å². The minimum atomic E-state index is -0.384. The second-order valence-corrected chi connectivity index (χ2v) is 8.59. The van der Waals surface area contributed by atoms with Crippen LogP contribution in [0.3, 0.4) is 0 Å². The van der Waals surface area contributed by atoms with E-state index in [1.54, 1.807) is 11.3 Å². The molecule has 1 atom stereocenters. The van der Waals surface area contributed by atoms with Crippen LogP contribution in [-0.2, 0) is 16.0 Å². The molecule has 2 fully saturated rings. The van der Waals surface area contributed by atoms with Gasteiger partial charge in [0.2, 0.25) is 0 Å². The molecule has 3 heterocycles. The Kier molecular flexibility index (Phi) is 5.30. The molecule has 1 aromatic heterocycles. The van der Waals surface area contributed by atoms with Crippen LogP contribution in [0, 0.1) is 6.92 Å². The first-order chi connectivity index (χ1) is 13.1. The molecule has 1 unspecified atom stereocenters. The summed E-state index contributed by atoms with van der Waals surface area (Å²) in [6.45, 7) is 7.72. The number of likely N-dealkylation sites (tertiary alicyclic amines) is 1. The first-order valence-corrected chi connectivity index (χ1v) is 10.6. The summed E-state index contributed by atoms with van der Waals surface area (Å²) in [6.07, 6.45) is 2.62. The number of morpholine rings is 1. The molecule has 2 aliphatic heterocycles. The zero-order valence-electron chi connectivity index (χ0n) is 16.1. The Morgan fingerprint density at radius 3 is 2.67 bits per heavy atom. The van der Waals surface area contributed by atoms with Gasteiger partial charge in [-0.05, 0) is 45.2 Å². The van der Waals surface area contributed by atoms with Crippen LogP contribution in [0.2, 0.25) is 0 Å². The third kappa shape index (κ3) is 3.93. The van der Waals surface area contributed by atoms with E-state index >= 15 is 0 Å². The largest absolute Gasteiger partial charge is 0.360 e. The monoisotopic (exact) mass is 385 g/mol. The van der Waals surface area contributed by atoms with E-state index in [1.165, 1.54) is 4.88 Å². The van der Waals surface area contributed by atoms with Crippen LogP contribution in [0.15, 0.2) is 35.8 Å². The fraction of sp³-hybridized carbons (Fsp3) is 0.524. The third-order valence-electron chi connectivity index (χ3n) is 5.82. The summed E-state index contributed by atoms with van der Waals surface area (Å²) in [5.41, 5.74) is 3.84. The van der Waals surface area contributed by atoms with Crippen molar-refractivity contribution >= 4 is 22.9 Å². The Morgan fingerprint density at radius 1 is 1.26 bits per heavy atom. The molecule has 2 saturated heterocycles. The van der Waals surface area contributed by atoms with Gasteiger partial charge in [-0.15, -0.1) is 11.3 Å². The lowest BCUT2D eigenvalue weighted by molar-refractivity contribution is -0.161. The maximum Gasteiger partial charge on any atom is 0.255 e. The zero-order valence-corrected chi connectivity index (χ0v) is 16.9. The Balaban J connectivity index is 1.39. The first kappa shape index (κ1) is 18.6. The van der Waals surface area contributed by atoms with Gasteiger partial charge in [0.15, 0.2) is 0 Å². The highest BCUT2D eigenvalue weighted by molar-refractivity contribution is 7.09. The van der Waals surface area contributed by atoms with Crippen molar-refractivity contribution in [3.05, 3.63) is 46.4 Å². The summed E-state index contributed by atoms with van der Waals surface area (Å²) in [5, 5.41) is 0. The second-order valence-electron chi connectivity index (χ2n) is 7.66. The maximum atomic E-state index is 12.7. The van der Waals surface area contributed by atoms with Crippen molar-refractivity contribution in [2.45, 2.75) is 44.8 Å². The van der Waals surface area contributed by atoms with Crippen LogP contribution in [0.1, 0.15) is 30.3 Å². The maximum absolute atomic E-state index is 12.7. The van der Waals surface area contributed by atoms with Crippen LogP contribution < -0.4 is 4.90 Å². The number of carbonyl (C=O) groups is 1. The highest BCUT2D eigenvalue weighted by Crippen LogP contribution is 2.35. The number of ether oxygens (including phenoxy) is 1. The van der Waals surface area contributed by atoms with Crippen LogP contribution >= 0.6 is 11.3 Å². The molecule has 0 saturated carbocycles. The fourth-order valence-corrected chi connectivity index (χ4v) is 4.93. The van der Waals surface area contributed by atoms with E-state index < -0.39 is 0 Å². The molecule has 0 bridgehead atoms. The Hall–Kier alpha value is -1.76. The fourth-order valence-electron chi connectivity index (χ4n) is 4.16. The predicted octanol–water partition coefficient (Wildman–Crippen LogP) is 3.28. The lowest BCUT2D eigenvalue weighted by Gasteiger charge is -2.49. The first-order valence-electron chi connectivity index (χ1n) is 9.72. The van der Waals surface area contributed by atoms with Crippen molar-refractivity contribution in [2.24, 2.45) is 0 Å². The van der Waals surface area contributed by atoms with Crippen LogP contribution in [0.25, 0.3) is 0 Å². The minimum Gasteiger partial charge on any atom is -0.360 e. The molecule has 0 radical (unpaired) electrons. The lowest BCUT2D eigenvalue weighted by atomic mass is 9.88. The van der Waals surface area contributed by atoms with Crippen molar-refractivity contribution in [2.75, 3.05) is 31.1 Å². The van der Waals surface area contributed by atoms with Gasteiger partial charge >= 0.3 is 0 Å². The number of carbonyl (C=O) groups excluding carboxylic acids is 1. The van der Waals surface area contributed by atoms with Crippen molar-refractivity contribution in [3.63, 3.8) is 0 Å². The molecule has 0 N–H and O–H groups in total. The smallest absolute Gasteiger partial charge is 0.255 e. The third-order valence-corrected chi connectivity index (χ3v) is 6.82. The molecule has 1 amide bonds. The highest BCUT2D eigenvalue weighted by Gasteiger charge is 2.45. The molecule has 5 nitrogen and oxygen atoms in total. The number of amides is 1. The Labute approximate surface area is 165 Å². The van der Waals surface area contributed by atoms with E-state index in [9.17, 15) is 4.79 Å². The molecule has 27 heavy (non-hydrogen) atoms. The molecular weight excluding hydrogens is 358 g/mol. The number of aromatic nitrogens is 1. The zero-order chi connectivity index (χ0) is 18.9. The van der Waals surface area contributed by atoms with Crippen molar-refractivity contribution < 1.29 is 9.53 Å². The van der Waals surface area contributed by atoms with E-state index in [0.29, 0.717) is 6.54 Å². The molecule has 4 rings (SSSR count). The van der Waals surface area contributed by atoms with Gasteiger partial charge in [-0.25, -0.2) is 4.98 Å². The lowest BCUT2D eigenvalue weighted by Crippen LogP contribution is -2.61. The van der Waals surface area contributed by atoms with E-state index in [1.807, 2.05) is 47.7 Å². The number of para-hydroxylation sites is 1. The van der Waals surface area contributed by atoms with Crippen LogP contribution in [0.5, 0.6) is 0 Å². The number of rotatable bonds is 4. The minimum absolute atomic E-state index is 0.0647. The van der Waals surface area contributed by atoms with Gasteiger partial charge in [-0.2, -0.15) is 0 Å². The SMILES string of the molecule is Cc1ncsc1CCN1CCC2(CC1)CN(c1ccccc1)C(=O)C(C)O2. The van der Waals surface area contributed by atoms with E-state index in [-0.39, 0.29) is 17.6 Å². The number of piperidine rings is 1. The Morgan fingerprint density at radius 2 is 2.00 bits per heavy atom. The summed E-state index contributed by atoms with van der Waals surface area (Å²) in [7, 11) is 0. The normalized spacial score (nSPS) is 23.1. The average molecular weight is 386 g/mol. The summed E-state index contributed by atoms with van der Waals surface area (Å²) >= 11 is 1.75. The molecule has 2 aromatic rings. The number of nitrogens with zero attached hydrogens (tertiary/aromatic N) is 3. The molecule has 2 aliphatic rings. The number of anilines is 1. The van der Waals surface area contributed by atoms with Gasteiger partial charge in [0.05, 0.1) is 23.4 Å². The van der Waals surface area contributed by atoms with Crippen molar-refractivity contribution in [3.8, 4) is 0 Å². The predicted molar refractivity (Wildman–Crippen MR) is 108 cm³/mol. The molecule has 144 valence electrons. The summed E-state index contributed by atoms with van der Waals surface area (Å²) in [4.78, 5) is 22.8. The quantitative estimate of drug-likeness (QED) is 0.810. The number of thiazole rings is 1. The highest BCUT2D eigenvalue weighted by atomic mass is 32.1. The number of hydrogen-bond acceptors (Lipinski definition) is 5. The van der Waals surface area contributed by atoms with Gasteiger partial charge in [-0.1, -0.05) is 18.2 Å². The number of aryl methyl sites for hydroxylation is 1. The molecule has 1 aromatic carbocycles. The van der Waals surface area contributed by atoms with Crippen LogP contribution in [0.4, 0.5) is 5.69 Å². The summed E-state index contributed by atoms with van der Waals surface area (Å²) in [6, 6.07) is 9.97. The second kappa shape index (κ2) is 7.70. The van der Waals surface area contributed by atoms with Gasteiger partial charge in [-0.3, -0.25) is 4.79 Å². The molecule has 1 spiro atoms. The van der Waals surface area contributed by atoms with Crippen molar-refractivity contribution in [1.29, 1.82) is 0 Å². The standard InChI is InChI=1S/C21H27N3O2S/c1-16-19(27-15-22-16)8-11-23-12-9-21(10-13-23)14-24(20(25)17(2)26-21)18-6-4-3-5-7-18/h3-7,15,17H,8-14H2,1-2H3. The van der Waals surface area contributed by atoms with Gasteiger partial charge in [0.1, 0.15) is 6.10 Å². The van der Waals surface area contributed by atoms with Crippen LogP contribution in [-0.4, -0.2) is 53.7 Å². The molecule has 0 aliphatic carbocycles. The Bertz CT molecular complexity index is 784. The van der Waals surface area contributed by atoms with Gasteiger partial charge in [0, 0.05) is 30.2 Å². The topological polar surface area (TPSA) is 45.7 Å². The van der Waals surface area contributed by atoms with Gasteiger partial charge < -0.3 is 14.5 Å². The summed E-state index contributed by atoms with van der Waals surface area (Å²) in [5.74, 6) is 0.0647. The van der Waals surface area contributed by atoms with E-state index in [0.717, 1.165) is 50.3 Å². The van der Waals surface area contributed by atoms with Gasteiger partial charge in [0.25, 0.3) is 5.91 Å². The summed E-state index contributed by atoms with van der Waals surface area (Å²) < 4.78 is 6.27. The average Bonchev–Trinajstić information content (AvgIpc) is 3.10. The van der Waals surface area contributed by atoms with E-state index in [4.69, 9.17) is 4.74 Å².